The van der Waals surface area contributed by atoms with Crippen molar-refractivity contribution in [3.63, 3.8) is 0 Å². The van der Waals surface area contributed by atoms with Gasteiger partial charge in [0, 0.05) is 19.1 Å². The number of hydrogen-bond donors (Lipinski definition) is 3. The molecule has 1 amide bonds. The third-order valence-electron chi connectivity index (χ3n) is 4.15. The molecule has 0 aliphatic carbocycles. The number of hydrogen-bond acceptors (Lipinski definition) is 13. The molecule has 2 atom stereocenters. The first-order chi connectivity index (χ1) is 15.9. The number of carbonyl (C=O) groups is 3. The van der Waals surface area contributed by atoms with Crippen LogP contribution in [-0.4, -0.2) is 69.7 Å². The van der Waals surface area contributed by atoms with Crippen LogP contribution < -0.4 is 10.1 Å². The molecule has 0 radical (unpaired) electrons. The quantitative estimate of drug-likeness (QED) is 0.117. The van der Waals surface area contributed by atoms with Crippen LogP contribution in [-0.2, 0) is 23.9 Å². The molecule has 2 unspecified atom stereocenters. The van der Waals surface area contributed by atoms with E-state index in [1.165, 1.54) is 44.7 Å². The molecule has 0 bridgehead atoms. The van der Waals surface area contributed by atoms with E-state index in [0.29, 0.717) is 5.75 Å². The van der Waals surface area contributed by atoms with E-state index in [2.05, 4.69) is 10.2 Å². The zero-order chi connectivity index (χ0) is 25.9. The lowest BCUT2D eigenvalue weighted by Gasteiger charge is -2.27. The molecule has 0 aromatic heterocycles. The van der Waals surface area contributed by atoms with Gasteiger partial charge in [0.05, 0.1) is 22.3 Å². The van der Waals surface area contributed by atoms with Crippen molar-refractivity contribution in [3.05, 3.63) is 34.4 Å². The van der Waals surface area contributed by atoms with Gasteiger partial charge in [-0.05, 0) is 44.4 Å². The number of amides is 1. The van der Waals surface area contributed by atoms with Crippen molar-refractivity contribution in [1.29, 1.82) is 0 Å². The number of carbonyl (C=O) groups excluding carboxylic acids is 3. The molecule has 0 aliphatic rings. The maximum absolute atomic E-state index is 12.6. The maximum atomic E-state index is 12.6. The lowest BCUT2D eigenvalue weighted by atomic mass is 9.93. The Labute approximate surface area is 199 Å². The van der Waals surface area contributed by atoms with E-state index in [9.17, 15) is 24.5 Å². The van der Waals surface area contributed by atoms with Crippen LogP contribution in [0.3, 0.4) is 0 Å². The number of ether oxygens (including phenoxy) is 3. The first-order valence-corrected chi connectivity index (χ1v) is 11.2. The first-order valence-electron chi connectivity index (χ1n) is 9.80. The van der Waals surface area contributed by atoms with Gasteiger partial charge in [-0.25, -0.2) is 14.4 Å². The number of nitro groups is 1. The highest BCUT2D eigenvalue weighted by Gasteiger charge is 2.33. The van der Waals surface area contributed by atoms with Crippen molar-refractivity contribution >= 4 is 35.5 Å². The molecule has 1 aromatic rings. The van der Waals surface area contributed by atoms with Crippen LogP contribution in [0, 0.1) is 15.5 Å². The fourth-order valence-electron chi connectivity index (χ4n) is 2.28. The summed E-state index contributed by atoms with van der Waals surface area (Å²) in [4.78, 5) is 51.5. The highest BCUT2D eigenvalue weighted by molar-refractivity contribution is 7.98. The summed E-state index contributed by atoms with van der Waals surface area (Å²) in [6.07, 6.45) is -0.580. The van der Waals surface area contributed by atoms with E-state index in [4.69, 9.17) is 24.6 Å². The molecule has 14 nitrogen and oxygen atoms in total. The van der Waals surface area contributed by atoms with Gasteiger partial charge < -0.3 is 19.5 Å². The molecule has 0 saturated heterocycles. The number of benzene rings is 1. The molecule has 1 aromatic carbocycles. The van der Waals surface area contributed by atoms with Crippen LogP contribution in [0.15, 0.2) is 24.3 Å². The number of nitrogens with one attached hydrogen (secondary N) is 1. The van der Waals surface area contributed by atoms with Gasteiger partial charge in [0.2, 0.25) is 12.2 Å². The lowest BCUT2D eigenvalue weighted by molar-refractivity contribution is -0.495. The fourth-order valence-corrected chi connectivity index (χ4v) is 2.76. The van der Waals surface area contributed by atoms with Gasteiger partial charge in [-0.1, -0.05) is 0 Å². The minimum atomic E-state index is -1.37. The van der Waals surface area contributed by atoms with Gasteiger partial charge in [-0.15, -0.1) is 0 Å². The standard InChI is InChI=1S/C19H27N3O11S/c1-12(32-18(25)33-14-7-5-13(6-8-14)21(26)27)31-16(23)15(9-10-34-4)20-17(24)19(2,3)11-30-22(28)29/h5-8,12,15,28-29H,9-11H2,1-4H3,(H,20,24). The Morgan fingerprint density at radius 1 is 1.21 bits per heavy atom. The van der Waals surface area contributed by atoms with E-state index in [-0.39, 0.29) is 17.9 Å². The van der Waals surface area contributed by atoms with Crippen LogP contribution in [0.1, 0.15) is 27.2 Å². The maximum Gasteiger partial charge on any atom is 0.516 e. The van der Waals surface area contributed by atoms with Crippen molar-refractivity contribution in [2.45, 2.75) is 39.5 Å². The Morgan fingerprint density at radius 3 is 2.35 bits per heavy atom. The average Bonchev–Trinajstić information content (AvgIpc) is 2.75. The van der Waals surface area contributed by atoms with Crippen molar-refractivity contribution in [2.24, 2.45) is 5.41 Å². The smallest absolute Gasteiger partial charge is 0.424 e. The molecule has 3 N–H and O–H groups in total. The molecule has 15 heteroatoms. The van der Waals surface area contributed by atoms with E-state index in [0.717, 1.165) is 12.1 Å². The highest BCUT2D eigenvalue weighted by atomic mass is 32.2. The van der Waals surface area contributed by atoms with E-state index >= 15 is 0 Å². The van der Waals surface area contributed by atoms with E-state index < -0.39 is 52.7 Å². The number of nitro benzene ring substituents is 1. The summed E-state index contributed by atoms with van der Waals surface area (Å²) in [5.41, 5.74) is -1.43. The van der Waals surface area contributed by atoms with Gasteiger partial charge in [-0.3, -0.25) is 25.3 Å². The molecule has 0 aliphatic heterocycles. The number of non-ortho nitro benzene ring substituents is 1. The zero-order valence-corrected chi connectivity index (χ0v) is 19.8. The SMILES string of the molecule is CSCCC(NC(=O)C(C)(C)CON(O)O)C(=O)OC(C)OC(=O)Oc1ccc([N+](=O)[O-])cc1. The summed E-state index contributed by atoms with van der Waals surface area (Å²) in [5.74, 6) is -1.02. The minimum absolute atomic E-state index is 0.0204. The van der Waals surface area contributed by atoms with Gasteiger partial charge in [-0.2, -0.15) is 11.8 Å². The third kappa shape index (κ3) is 10.3. The highest BCUT2D eigenvalue weighted by Crippen LogP contribution is 2.19. The van der Waals surface area contributed by atoms with Crippen molar-refractivity contribution in [3.8, 4) is 5.75 Å². The second-order valence-electron chi connectivity index (χ2n) is 7.44. The Hall–Kier alpha value is -2.98. The van der Waals surface area contributed by atoms with Gasteiger partial charge >= 0.3 is 12.1 Å². The summed E-state index contributed by atoms with van der Waals surface area (Å²) in [5, 5.41) is 30.0. The van der Waals surface area contributed by atoms with Crippen LogP contribution in [0.2, 0.25) is 0 Å². The second kappa shape index (κ2) is 13.7. The Morgan fingerprint density at radius 2 is 1.82 bits per heavy atom. The van der Waals surface area contributed by atoms with Crippen LogP contribution in [0.5, 0.6) is 5.75 Å². The number of nitrogens with zero attached hydrogens (tertiary/aromatic N) is 2. The van der Waals surface area contributed by atoms with Gasteiger partial charge in [0.15, 0.2) is 0 Å². The summed E-state index contributed by atoms with van der Waals surface area (Å²) < 4.78 is 14.8. The Kier molecular flexibility index (Phi) is 11.7. The molecule has 0 fully saturated rings. The lowest BCUT2D eigenvalue weighted by Crippen LogP contribution is -2.49. The molecular weight excluding hydrogens is 478 g/mol. The molecule has 1 rings (SSSR count). The molecule has 0 saturated carbocycles. The van der Waals surface area contributed by atoms with Crippen molar-refractivity contribution < 1.29 is 48.8 Å². The monoisotopic (exact) mass is 505 g/mol. The third-order valence-corrected chi connectivity index (χ3v) is 4.79. The number of rotatable bonds is 13. The Bertz CT molecular complexity index is 848. The molecule has 0 heterocycles. The summed E-state index contributed by atoms with van der Waals surface area (Å²) in [7, 11) is 0. The predicted molar refractivity (Wildman–Crippen MR) is 116 cm³/mol. The molecular formula is C19H27N3O11S. The summed E-state index contributed by atoms with van der Waals surface area (Å²) in [6, 6.07) is 3.58. The molecule has 34 heavy (non-hydrogen) atoms. The fraction of sp³-hybridized carbons (Fsp3) is 0.526. The zero-order valence-electron chi connectivity index (χ0n) is 19.0. The van der Waals surface area contributed by atoms with E-state index in [1.807, 2.05) is 0 Å². The first kappa shape index (κ1) is 29.1. The topological polar surface area (TPSA) is 187 Å². The van der Waals surface area contributed by atoms with Crippen LogP contribution in [0.25, 0.3) is 0 Å². The minimum Gasteiger partial charge on any atom is -0.424 e. The molecule has 0 spiro atoms. The average molecular weight is 506 g/mol. The second-order valence-corrected chi connectivity index (χ2v) is 8.43. The van der Waals surface area contributed by atoms with Crippen LogP contribution >= 0.6 is 11.8 Å². The van der Waals surface area contributed by atoms with Gasteiger partial charge in [0.1, 0.15) is 11.8 Å². The Balaban J connectivity index is 2.68. The van der Waals surface area contributed by atoms with E-state index in [1.54, 1.807) is 6.26 Å². The van der Waals surface area contributed by atoms with Crippen LogP contribution in [0.4, 0.5) is 10.5 Å². The summed E-state index contributed by atoms with van der Waals surface area (Å²) in [6.45, 7) is 3.78. The largest absolute Gasteiger partial charge is 0.516 e. The normalized spacial score (nSPS) is 13.0. The van der Waals surface area contributed by atoms with Gasteiger partial charge in [0.25, 0.3) is 5.69 Å². The number of thioether (sulfide) groups is 1. The summed E-state index contributed by atoms with van der Waals surface area (Å²) >= 11 is 1.43. The predicted octanol–water partition coefficient (Wildman–Crippen LogP) is 2.28. The van der Waals surface area contributed by atoms with Crippen molar-refractivity contribution in [2.75, 3.05) is 18.6 Å². The number of esters is 1. The van der Waals surface area contributed by atoms with Crippen molar-refractivity contribution in [1.82, 2.24) is 10.7 Å². The molecule has 190 valence electrons.